The summed E-state index contributed by atoms with van der Waals surface area (Å²) in [6.45, 7) is 5.68. The first kappa shape index (κ1) is 17.7. The predicted molar refractivity (Wildman–Crippen MR) is 80.7 cm³/mol. The van der Waals surface area contributed by atoms with Crippen molar-refractivity contribution >= 4 is 18.2 Å². The van der Waals surface area contributed by atoms with Crippen molar-refractivity contribution in [2.45, 2.75) is 26.9 Å². The molecule has 0 heterocycles. The van der Waals surface area contributed by atoms with E-state index < -0.39 is 12.1 Å². The van der Waals surface area contributed by atoms with Gasteiger partial charge in [-0.1, -0.05) is 13.8 Å². The van der Waals surface area contributed by atoms with Gasteiger partial charge in [-0.2, -0.15) is 0 Å². The molecule has 0 aliphatic rings. The molecule has 1 aromatic rings. The van der Waals surface area contributed by atoms with E-state index in [1.807, 2.05) is 13.8 Å². The van der Waals surface area contributed by atoms with Gasteiger partial charge in [0.2, 0.25) is 0 Å². The Kier molecular flexibility index (Phi) is 7.08. The van der Waals surface area contributed by atoms with Gasteiger partial charge in [0.15, 0.2) is 12.7 Å². The van der Waals surface area contributed by atoms with Gasteiger partial charge >= 0.3 is 5.97 Å². The molecule has 1 rings (SSSR count). The number of esters is 1. The summed E-state index contributed by atoms with van der Waals surface area (Å²) in [7, 11) is 0. The zero-order valence-corrected chi connectivity index (χ0v) is 13.0. The third-order valence-electron chi connectivity index (χ3n) is 2.73. The molecule has 0 aromatic heterocycles. The first-order chi connectivity index (χ1) is 10.4. The van der Waals surface area contributed by atoms with E-state index in [1.165, 1.54) is 6.92 Å². The molecular weight excluding hydrogens is 286 g/mol. The van der Waals surface area contributed by atoms with Crippen molar-refractivity contribution in [2.24, 2.45) is 5.92 Å². The van der Waals surface area contributed by atoms with Crippen molar-refractivity contribution in [3.8, 4) is 5.75 Å². The maximum atomic E-state index is 11.7. The largest absolute Gasteiger partial charge is 0.482 e. The van der Waals surface area contributed by atoms with E-state index in [-0.39, 0.29) is 12.5 Å². The maximum absolute atomic E-state index is 11.7. The Morgan fingerprint density at radius 2 is 1.82 bits per heavy atom. The molecule has 0 saturated heterocycles. The highest BCUT2D eigenvalue weighted by molar-refractivity contribution is 5.83. The number of aldehydes is 1. The van der Waals surface area contributed by atoms with Crippen LogP contribution in [0.5, 0.6) is 5.75 Å². The molecule has 6 nitrogen and oxygen atoms in total. The van der Waals surface area contributed by atoms with Gasteiger partial charge in [0.05, 0.1) is 0 Å². The first-order valence-electron chi connectivity index (χ1n) is 7.07. The fourth-order valence-electron chi connectivity index (χ4n) is 1.52. The van der Waals surface area contributed by atoms with Gasteiger partial charge < -0.3 is 14.8 Å². The lowest BCUT2D eigenvalue weighted by Crippen LogP contribution is -2.38. The Morgan fingerprint density at radius 1 is 1.18 bits per heavy atom. The molecule has 0 fully saturated rings. The Bertz CT molecular complexity index is 510. The highest BCUT2D eigenvalue weighted by atomic mass is 16.6. The SMILES string of the molecule is CC(C)CNC(=O)[C@@H](C)OC(=O)COc1ccc(C=O)cc1. The Morgan fingerprint density at radius 3 is 2.36 bits per heavy atom. The number of hydrogen-bond donors (Lipinski definition) is 1. The summed E-state index contributed by atoms with van der Waals surface area (Å²) in [4.78, 5) is 33.8. The summed E-state index contributed by atoms with van der Waals surface area (Å²) in [6, 6.07) is 6.32. The van der Waals surface area contributed by atoms with Crippen LogP contribution < -0.4 is 10.1 Å². The molecule has 0 aliphatic carbocycles. The van der Waals surface area contributed by atoms with E-state index >= 15 is 0 Å². The minimum atomic E-state index is -0.868. The topological polar surface area (TPSA) is 81.7 Å². The quantitative estimate of drug-likeness (QED) is 0.582. The average molecular weight is 307 g/mol. The van der Waals surface area contributed by atoms with Gasteiger partial charge in [-0.25, -0.2) is 4.79 Å². The second kappa shape index (κ2) is 8.81. The summed E-state index contributed by atoms with van der Waals surface area (Å²) in [5.74, 6) is -0.201. The van der Waals surface area contributed by atoms with Crippen LogP contribution in [0.4, 0.5) is 0 Å². The fourth-order valence-corrected chi connectivity index (χ4v) is 1.52. The Labute approximate surface area is 129 Å². The molecule has 1 N–H and O–H groups in total. The molecule has 0 bridgehead atoms. The molecule has 22 heavy (non-hydrogen) atoms. The van der Waals surface area contributed by atoms with E-state index in [0.717, 1.165) is 6.29 Å². The molecule has 0 aliphatic heterocycles. The lowest BCUT2D eigenvalue weighted by atomic mass is 10.2. The summed E-state index contributed by atoms with van der Waals surface area (Å²) < 4.78 is 10.2. The maximum Gasteiger partial charge on any atom is 0.344 e. The number of amides is 1. The number of benzene rings is 1. The van der Waals surface area contributed by atoms with Gasteiger partial charge in [-0.3, -0.25) is 9.59 Å². The summed E-state index contributed by atoms with van der Waals surface area (Å²) in [5, 5.41) is 2.68. The fraction of sp³-hybridized carbons (Fsp3) is 0.438. The number of carbonyl (C=O) groups is 3. The van der Waals surface area contributed by atoms with Crippen molar-refractivity contribution < 1.29 is 23.9 Å². The molecule has 0 spiro atoms. The lowest BCUT2D eigenvalue weighted by Gasteiger charge is -2.14. The predicted octanol–water partition coefficient (Wildman–Crippen LogP) is 1.58. The third kappa shape index (κ3) is 6.39. The normalized spacial score (nSPS) is 11.6. The van der Waals surface area contributed by atoms with Gasteiger partial charge in [0.25, 0.3) is 5.91 Å². The van der Waals surface area contributed by atoms with Crippen LogP contribution >= 0.6 is 0 Å². The van der Waals surface area contributed by atoms with Gasteiger partial charge in [0.1, 0.15) is 12.0 Å². The smallest absolute Gasteiger partial charge is 0.344 e. The third-order valence-corrected chi connectivity index (χ3v) is 2.73. The van der Waals surface area contributed by atoms with Crippen molar-refractivity contribution in [3.05, 3.63) is 29.8 Å². The van der Waals surface area contributed by atoms with Crippen molar-refractivity contribution in [1.82, 2.24) is 5.32 Å². The minimum Gasteiger partial charge on any atom is -0.482 e. The summed E-state index contributed by atoms with van der Waals surface area (Å²) in [5.41, 5.74) is 0.519. The molecule has 0 unspecified atom stereocenters. The summed E-state index contributed by atoms with van der Waals surface area (Å²) >= 11 is 0. The number of nitrogens with one attached hydrogen (secondary N) is 1. The molecule has 120 valence electrons. The number of hydrogen-bond acceptors (Lipinski definition) is 5. The number of ether oxygens (including phenoxy) is 2. The van der Waals surface area contributed by atoms with Crippen LogP contribution in [0, 0.1) is 5.92 Å². The lowest BCUT2D eigenvalue weighted by molar-refractivity contribution is -0.156. The molecule has 0 saturated carbocycles. The zero-order chi connectivity index (χ0) is 16.5. The van der Waals surface area contributed by atoms with E-state index in [2.05, 4.69) is 5.32 Å². The second-order valence-electron chi connectivity index (χ2n) is 5.25. The molecule has 1 aromatic carbocycles. The van der Waals surface area contributed by atoms with E-state index in [1.54, 1.807) is 24.3 Å². The van der Waals surface area contributed by atoms with Crippen LogP contribution in [0.1, 0.15) is 31.1 Å². The van der Waals surface area contributed by atoms with Crippen LogP contribution in [-0.4, -0.2) is 37.4 Å². The van der Waals surface area contributed by atoms with E-state index in [9.17, 15) is 14.4 Å². The Balaban J connectivity index is 2.35. The molecular formula is C16H21NO5. The summed E-state index contributed by atoms with van der Waals surface area (Å²) in [6.07, 6.45) is -0.150. The second-order valence-corrected chi connectivity index (χ2v) is 5.25. The van der Waals surface area contributed by atoms with Crippen molar-refractivity contribution in [2.75, 3.05) is 13.2 Å². The molecule has 0 radical (unpaired) electrons. The van der Waals surface area contributed by atoms with Crippen LogP contribution in [-0.2, 0) is 14.3 Å². The van der Waals surface area contributed by atoms with Crippen LogP contribution in [0.25, 0.3) is 0 Å². The van der Waals surface area contributed by atoms with Gasteiger partial charge in [-0.05, 0) is 37.1 Å². The molecule has 1 atom stereocenters. The van der Waals surface area contributed by atoms with Crippen LogP contribution in [0.15, 0.2) is 24.3 Å². The average Bonchev–Trinajstić information content (AvgIpc) is 2.50. The van der Waals surface area contributed by atoms with Crippen LogP contribution in [0.2, 0.25) is 0 Å². The standard InChI is InChI=1S/C16H21NO5/c1-11(2)8-17-16(20)12(3)22-15(19)10-21-14-6-4-13(9-18)5-7-14/h4-7,9,11-12H,8,10H2,1-3H3,(H,17,20)/t12-/m1/s1. The first-order valence-corrected chi connectivity index (χ1v) is 7.07. The van der Waals surface area contributed by atoms with Crippen molar-refractivity contribution in [3.63, 3.8) is 0 Å². The van der Waals surface area contributed by atoms with Gasteiger partial charge in [0, 0.05) is 12.1 Å². The highest BCUT2D eigenvalue weighted by Crippen LogP contribution is 2.11. The van der Waals surface area contributed by atoms with E-state index in [4.69, 9.17) is 9.47 Å². The Hall–Kier alpha value is -2.37. The van der Waals surface area contributed by atoms with E-state index in [0.29, 0.717) is 23.8 Å². The zero-order valence-electron chi connectivity index (χ0n) is 13.0. The van der Waals surface area contributed by atoms with Crippen molar-refractivity contribution in [1.29, 1.82) is 0 Å². The van der Waals surface area contributed by atoms with Gasteiger partial charge in [-0.15, -0.1) is 0 Å². The highest BCUT2D eigenvalue weighted by Gasteiger charge is 2.17. The monoisotopic (exact) mass is 307 g/mol. The molecule has 6 heteroatoms. The minimum absolute atomic E-state index is 0.303. The number of carbonyl (C=O) groups excluding carboxylic acids is 3. The molecule has 1 amide bonds. The number of rotatable bonds is 8. The van der Waals surface area contributed by atoms with Crippen LogP contribution in [0.3, 0.4) is 0 Å².